The number of hydrogen-bond donors (Lipinski definition) is 1. The SMILES string of the molecule is C[C@@H]1C[C@@H](C)CN(C[C@@H](O)COCc2ccc(Cl)cc2)C1. The molecule has 0 aromatic heterocycles. The Kier molecular flexibility index (Phi) is 6.49. The average Bonchev–Trinajstić information content (AvgIpc) is 2.39. The largest absolute Gasteiger partial charge is 0.389 e. The van der Waals surface area contributed by atoms with Gasteiger partial charge in [0.25, 0.3) is 0 Å². The van der Waals surface area contributed by atoms with Crippen molar-refractivity contribution in [1.29, 1.82) is 0 Å². The van der Waals surface area contributed by atoms with Crippen molar-refractivity contribution >= 4 is 11.6 Å². The first-order chi connectivity index (χ1) is 10.0. The highest BCUT2D eigenvalue weighted by Crippen LogP contribution is 2.21. The minimum absolute atomic E-state index is 0.377. The Bertz CT molecular complexity index is 413. The van der Waals surface area contributed by atoms with Crippen molar-refractivity contribution in [3.63, 3.8) is 0 Å². The molecule has 1 heterocycles. The number of halogens is 1. The van der Waals surface area contributed by atoms with Crippen LogP contribution in [0.2, 0.25) is 5.02 Å². The third-order valence-electron chi connectivity index (χ3n) is 3.91. The summed E-state index contributed by atoms with van der Waals surface area (Å²) in [6.07, 6.45) is 0.870. The van der Waals surface area contributed by atoms with Gasteiger partial charge in [0.2, 0.25) is 0 Å². The van der Waals surface area contributed by atoms with E-state index in [9.17, 15) is 5.11 Å². The smallest absolute Gasteiger partial charge is 0.0900 e. The average molecular weight is 312 g/mol. The van der Waals surface area contributed by atoms with Gasteiger partial charge in [-0.25, -0.2) is 0 Å². The van der Waals surface area contributed by atoms with E-state index in [-0.39, 0.29) is 0 Å². The second-order valence-electron chi connectivity index (χ2n) is 6.46. The molecule has 3 atom stereocenters. The number of likely N-dealkylation sites (tertiary alicyclic amines) is 1. The molecule has 1 saturated heterocycles. The Balaban J connectivity index is 1.67. The Labute approximate surface area is 132 Å². The predicted molar refractivity (Wildman–Crippen MR) is 86.5 cm³/mol. The highest BCUT2D eigenvalue weighted by atomic mass is 35.5. The van der Waals surface area contributed by atoms with Crippen molar-refractivity contribution < 1.29 is 9.84 Å². The maximum atomic E-state index is 10.1. The van der Waals surface area contributed by atoms with Gasteiger partial charge in [0.05, 0.1) is 19.3 Å². The number of aliphatic hydroxyl groups is 1. The van der Waals surface area contributed by atoms with Crippen LogP contribution in [0, 0.1) is 11.8 Å². The molecule has 2 rings (SSSR count). The van der Waals surface area contributed by atoms with Gasteiger partial charge in [0, 0.05) is 24.7 Å². The molecular weight excluding hydrogens is 286 g/mol. The summed E-state index contributed by atoms with van der Waals surface area (Å²) < 4.78 is 5.60. The summed E-state index contributed by atoms with van der Waals surface area (Å²) in [6.45, 7) is 8.33. The van der Waals surface area contributed by atoms with Crippen LogP contribution in [0.25, 0.3) is 0 Å². The highest BCUT2D eigenvalue weighted by Gasteiger charge is 2.23. The van der Waals surface area contributed by atoms with Crippen LogP contribution in [0.4, 0.5) is 0 Å². The summed E-state index contributed by atoms with van der Waals surface area (Å²) in [5, 5.41) is 10.8. The molecule has 0 saturated carbocycles. The maximum absolute atomic E-state index is 10.1. The lowest BCUT2D eigenvalue weighted by molar-refractivity contribution is -0.000893. The van der Waals surface area contributed by atoms with Crippen molar-refractivity contribution in [2.75, 3.05) is 26.2 Å². The lowest BCUT2D eigenvalue weighted by Crippen LogP contribution is -2.43. The summed E-state index contributed by atoms with van der Waals surface area (Å²) in [5.74, 6) is 1.44. The van der Waals surface area contributed by atoms with Gasteiger partial charge in [0.15, 0.2) is 0 Å². The summed E-state index contributed by atoms with van der Waals surface area (Å²) in [6, 6.07) is 7.60. The molecule has 1 aromatic carbocycles. The van der Waals surface area contributed by atoms with E-state index in [4.69, 9.17) is 16.3 Å². The molecule has 21 heavy (non-hydrogen) atoms. The number of rotatable bonds is 6. The molecule has 3 nitrogen and oxygen atoms in total. The van der Waals surface area contributed by atoms with Gasteiger partial charge in [-0.3, -0.25) is 0 Å². The van der Waals surface area contributed by atoms with Crippen molar-refractivity contribution in [2.45, 2.75) is 33.0 Å². The van der Waals surface area contributed by atoms with Crippen LogP contribution in [0.1, 0.15) is 25.8 Å². The number of benzene rings is 1. The van der Waals surface area contributed by atoms with Crippen molar-refractivity contribution in [3.8, 4) is 0 Å². The summed E-state index contributed by atoms with van der Waals surface area (Å²) >= 11 is 5.84. The van der Waals surface area contributed by atoms with Gasteiger partial charge in [-0.1, -0.05) is 37.6 Å². The number of nitrogens with zero attached hydrogens (tertiary/aromatic N) is 1. The van der Waals surface area contributed by atoms with Crippen LogP contribution in [0.3, 0.4) is 0 Å². The zero-order valence-corrected chi connectivity index (χ0v) is 13.7. The fourth-order valence-corrected chi connectivity index (χ4v) is 3.31. The third-order valence-corrected chi connectivity index (χ3v) is 4.16. The zero-order chi connectivity index (χ0) is 15.2. The molecule has 0 bridgehead atoms. The number of aliphatic hydroxyl groups excluding tert-OH is 1. The van der Waals surface area contributed by atoms with Crippen molar-refractivity contribution in [3.05, 3.63) is 34.9 Å². The van der Waals surface area contributed by atoms with E-state index in [1.165, 1.54) is 6.42 Å². The fourth-order valence-electron chi connectivity index (χ4n) is 3.19. The topological polar surface area (TPSA) is 32.7 Å². The molecule has 0 amide bonds. The Morgan fingerprint density at radius 2 is 1.86 bits per heavy atom. The number of ether oxygens (including phenoxy) is 1. The minimum Gasteiger partial charge on any atom is -0.389 e. The number of piperidine rings is 1. The highest BCUT2D eigenvalue weighted by molar-refractivity contribution is 6.30. The molecular formula is C17H26ClNO2. The standard InChI is InChI=1S/C17H26ClNO2/c1-13-7-14(2)9-19(8-13)10-17(20)12-21-11-15-3-5-16(18)6-4-15/h3-6,13-14,17,20H,7-12H2,1-2H3/t13-,14-,17-/m1/s1. The molecule has 1 aliphatic heterocycles. The van der Waals surface area contributed by atoms with Crippen molar-refractivity contribution in [2.24, 2.45) is 11.8 Å². The van der Waals surface area contributed by atoms with Gasteiger partial charge in [0.1, 0.15) is 0 Å². The second-order valence-corrected chi connectivity index (χ2v) is 6.90. The minimum atomic E-state index is -0.421. The maximum Gasteiger partial charge on any atom is 0.0900 e. The molecule has 1 fully saturated rings. The molecule has 1 aromatic rings. The molecule has 0 aliphatic carbocycles. The van der Waals surface area contributed by atoms with Gasteiger partial charge < -0.3 is 14.7 Å². The van der Waals surface area contributed by atoms with Crippen LogP contribution in [-0.4, -0.2) is 42.4 Å². The van der Waals surface area contributed by atoms with E-state index >= 15 is 0 Å². The lowest BCUT2D eigenvalue weighted by atomic mass is 9.92. The molecule has 118 valence electrons. The molecule has 0 unspecified atom stereocenters. The van der Waals surface area contributed by atoms with Crippen LogP contribution >= 0.6 is 11.6 Å². The van der Waals surface area contributed by atoms with E-state index in [1.807, 2.05) is 24.3 Å². The normalized spacial score (nSPS) is 25.0. The van der Waals surface area contributed by atoms with Gasteiger partial charge in [-0.2, -0.15) is 0 Å². The Morgan fingerprint density at radius 3 is 2.48 bits per heavy atom. The van der Waals surface area contributed by atoms with E-state index in [0.717, 1.165) is 35.5 Å². The zero-order valence-electron chi connectivity index (χ0n) is 13.0. The van der Waals surface area contributed by atoms with Crippen LogP contribution < -0.4 is 0 Å². The summed E-state index contributed by atoms with van der Waals surface area (Å²) in [4.78, 5) is 2.36. The third kappa shape index (κ3) is 5.95. The van der Waals surface area contributed by atoms with Gasteiger partial charge in [-0.15, -0.1) is 0 Å². The Hall–Kier alpha value is -0.610. The Morgan fingerprint density at radius 1 is 1.24 bits per heavy atom. The van der Waals surface area contributed by atoms with E-state index < -0.39 is 6.10 Å². The van der Waals surface area contributed by atoms with E-state index in [0.29, 0.717) is 19.8 Å². The van der Waals surface area contributed by atoms with E-state index in [2.05, 4.69) is 18.7 Å². The molecule has 1 N–H and O–H groups in total. The fraction of sp³-hybridized carbons (Fsp3) is 0.647. The van der Waals surface area contributed by atoms with E-state index in [1.54, 1.807) is 0 Å². The van der Waals surface area contributed by atoms with Gasteiger partial charge >= 0.3 is 0 Å². The summed E-state index contributed by atoms with van der Waals surface area (Å²) in [5.41, 5.74) is 1.08. The van der Waals surface area contributed by atoms with Crippen LogP contribution in [0.5, 0.6) is 0 Å². The first-order valence-electron chi connectivity index (χ1n) is 7.75. The second kappa shape index (κ2) is 8.14. The van der Waals surface area contributed by atoms with Crippen molar-refractivity contribution in [1.82, 2.24) is 4.90 Å². The number of hydrogen-bond acceptors (Lipinski definition) is 3. The molecule has 4 heteroatoms. The monoisotopic (exact) mass is 311 g/mol. The van der Waals surface area contributed by atoms with Gasteiger partial charge in [-0.05, 0) is 36.0 Å². The first-order valence-corrected chi connectivity index (χ1v) is 8.13. The summed E-state index contributed by atoms with van der Waals surface area (Å²) in [7, 11) is 0. The number of β-amino-alcohol motifs (C(OH)–C–C–N with tert-alkyl or cyclic N) is 1. The molecule has 1 aliphatic rings. The van der Waals surface area contributed by atoms with Crippen LogP contribution in [-0.2, 0) is 11.3 Å². The quantitative estimate of drug-likeness (QED) is 0.875. The predicted octanol–water partition coefficient (Wildman–Crippen LogP) is 3.20. The van der Waals surface area contributed by atoms with Crippen LogP contribution in [0.15, 0.2) is 24.3 Å². The molecule has 0 spiro atoms. The lowest BCUT2D eigenvalue weighted by Gasteiger charge is -2.35. The molecule has 0 radical (unpaired) electrons. The first kappa shape index (κ1) is 16.8.